The van der Waals surface area contributed by atoms with Gasteiger partial charge in [-0.15, -0.1) is 0 Å². The quantitative estimate of drug-likeness (QED) is 0.562. The Labute approximate surface area is 186 Å². The molecule has 1 aliphatic rings. The zero-order valence-electron chi connectivity index (χ0n) is 18.1. The number of amides is 1. The molecule has 1 heterocycles. The number of nitrogens with one attached hydrogen (secondary N) is 2. The van der Waals surface area contributed by atoms with Crippen LogP contribution in [0.4, 0.5) is 15.8 Å². The summed E-state index contributed by atoms with van der Waals surface area (Å²) in [7, 11) is -3.89. The lowest BCUT2D eigenvalue weighted by Gasteiger charge is -2.22. The third-order valence-corrected chi connectivity index (χ3v) is 6.50. The number of anilines is 2. The van der Waals surface area contributed by atoms with Gasteiger partial charge in [0, 0.05) is 17.3 Å². The van der Waals surface area contributed by atoms with E-state index < -0.39 is 15.8 Å². The SMILES string of the molecule is CC(C)(C)n1nc(C(=O)Nc2ccc(S(=O)(=O)Nc3cccc(F)c3)cc2)cc1C1CC1. The highest BCUT2D eigenvalue weighted by Crippen LogP contribution is 2.41. The van der Waals surface area contributed by atoms with E-state index in [0.29, 0.717) is 17.3 Å². The molecule has 0 saturated heterocycles. The molecule has 2 N–H and O–H groups in total. The van der Waals surface area contributed by atoms with Gasteiger partial charge in [0.25, 0.3) is 15.9 Å². The Morgan fingerprint density at radius 3 is 2.34 bits per heavy atom. The predicted molar refractivity (Wildman–Crippen MR) is 121 cm³/mol. The standard InChI is InChI=1S/C23H25FN4O3S/c1-23(2,3)28-21(15-7-8-15)14-20(26-28)22(29)25-17-9-11-19(12-10-17)32(30,31)27-18-6-4-5-16(24)13-18/h4-6,9-15,27H,7-8H2,1-3H3,(H,25,29). The maximum absolute atomic E-state index is 13.3. The van der Waals surface area contributed by atoms with Gasteiger partial charge in [0.2, 0.25) is 0 Å². The first kappa shape index (κ1) is 22.0. The molecule has 1 aromatic heterocycles. The fraction of sp³-hybridized carbons (Fsp3) is 0.304. The number of carbonyl (C=O) groups excluding carboxylic acids is 1. The van der Waals surface area contributed by atoms with Gasteiger partial charge in [-0.05, 0) is 82.1 Å². The Bertz CT molecular complexity index is 1260. The lowest BCUT2D eigenvalue weighted by atomic mass is 10.1. The van der Waals surface area contributed by atoms with Crippen molar-refractivity contribution in [3.05, 3.63) is 71.8 Å². The van der Waals surface area contributed by atoms with Crippen molar-refractivity contribution < 1.29 is 17.6 Å². The Morgan fingerprint density at radius 1 is 1.06 bits per heavy atom. The number of sulfonamides is 1. The molecule has 3 aromatic rings. The minimum absolute atomic E-state index is 0.00668. The number of aromatic nitrogens is 2. The van der Waals surface area contributed by atoms with Crippen LogP contribution in [0.5, 0.6) is 0 Å². The summed E-state index contributed by atoms with van der Waals surface area (Å²) in [5, 5.41) is 7.28. The Kier molecular flexibility index (Phi) is 5.54. The highest BCUT2D eigenvalue weighted by Gasteiger charge is 2.32. The zero-order valence-corrected chi connectivity index (χ0v) is 18.9. The van der Waals surface area contributed by atoms with Crippen LogP contribution < -0.4 is 10.0 Å². The Balaban J connectivity index is 1.48. The molecule has 0 spiro atoms. The second-order valence-electron chi connectivity index (χ2n) is 8.91. The summed E-state index contributed by atoms with van der Waals surface area (Å²) >= 11 is 0. The topological polar surface area (TPSA) is 93.1 Å². The van der Waals surface area contributed by atoms with Crippen LogP contribution in [-0.2, 0) is 15.6 Å². The van der Waals surface area contributed by atoms with E-state index in [-0.39, 0.29) is 22.0 Å². The molecule has 0 bridgehead atoms. The van der Waals surface area contributed by atoms with Gasteiger partial charge in [-0.3, -0.25) is 14.2 Å². The van der Waals surface area contributed by atoms with E-state index in [4.69, 9.17) is 0 Å². The van der Waals surface area contributed by atoms with E-state index in [1.54, 1.807) is 0 Å². The fourth-order valence-electron chi connectivity index (χ4n) is 3.39. The molecule has 1 saturated carbocycles. The van der Waals surface area contributed by atoms with Crippen molar-refractivity contribution in [3.63, 3.8) is 0 Å². The first-order chi connectivity index (χ1) is 15.0. The number of hydrogen-bond donors (Lipinski definition) is 2. The Hall–Kier alpha value is -3.20. The second-order valence-corrected chi connectivity index (χ2v) is 10.6. The van der Waals surface area contributed by atoms with E-state index in [2.05, 4.69) is 15.1 Å². The van der Waals surface area contributed by atoms with Gasteiger partial charge in [-0.2, -0.15) is 5.10 Å². The van der Waals surface area contributed by atoms with Gasteiger partial charge in [0.15, 0.2) is 5.69 Å². The van der Waals surface area contributed by atoms with Crippen LogP contribution in [0.1, 0.15) is 55.7 Å². The summed E-state index contributed by atoms with van der Waals surface area (Å²) in [5.74, 6) is -0.455. The van der Waals surface area contributed by atoms with Crippen LogP contribution in [0.25, 0.3) is 0 Å². The van der Waals surface area contributed by atoms with Crippen molar-refractivity contribution in [1.82, 2.24) is 9.78 Å². The van der Waals surface area contributed by atoms with Crippen molar-refractivity contribution in [1.29, 1.82) is 0 Å². The second kappa shape index (κ2) is 8.05. The zero-order chi connectivity index (χ0) is 23.1. The molecule has 0 aliphatic heterocycles. The van der Waals surface area contributed by atoms with E-state index in [9.17, 15) is 17.6 Å². The number of benzene rings is 2. The van der Waals surface area contributed by atoms with E-state index >= 15 is 0 Å². The molecule has 2 aromatic carbocycles. The van der Waals surface area contributed by atoms with Crippen LogP contribution in [-0.4, -0.2) is 24.1 Å². The third-order valence-electron chi connectivity index (χ3n) is 5.10. The van der Waals surface area contributed by atoms with Crippen LogP contribution in [0.3, 0.4) is 0 Å². The average molecular weight is 457 g/mol. The van der Waals surface area contributed by atoms with Gasteiger partial charge in [-0.25, -0.2) is 12.8 Å². The molecule has 7 nitrogen and oxygen atoms in total. The van der Waals surface area contributed by atoms with Crippen LogP contribution in [0.15, 0.2) is 59.5 Å². The minimum atomic E-state index is -3.89. The largest absolute Gasteiger partial charge is 0.321 e. The summed E-state index contributed by atoms with van der Waals surface area (Å²) in [5.41, 5.74) is 1.72. The minimum Gasteiger partial charge on any atom is -0.321 e. The smallest absolute Gasteiger partial charge is 0.276 e. The van der Waals surface area contributed by atoms with Crippen molar-refractivity contribution in [3.8, 4) is 0 Å². The van der Waals surface area contributed by atoms with Crippen LogP contribution >= 0.6 is 0 Å². The molecule has 0 radical (unpaired) electrons. The van der Waals surface area contributed by atoms with Gasteiger partial charge < -0.3 is 5.32 Å². The number of nitrogens with zero attached hydrogens (tertiary/aromatic N) is 2. The first-order valence-corrected chi connectivity index (χ1v) is 11.8. The van der Waals surface area contributed by atoms with Gasteiger partial charge in [0.05, 0.1) is 16.1 Å². The monoisotopic (exact) mass is 456 g/mol. The molecule has 0 atom stereocenters. The first-order valence-electron chi connectivity index (χ1n) is 10.3. The summed E-state index contributed by atoms with van der Waals surface area (Å²) in [6.45, 7) is 6.14. The molecule has 1 fully saturated rings. The maximum atomic E-state index is 13.3. The lowest BCUT2D eigenvalue weighted by Crippen LogP contribution is -2.25. The van der Waals surface area contributed by atoms with Gasteiger partial charge in [-0.1, -0.05) is 6.07 Å². The summed E-state index contributed by atoms with van der Waals surface area (Å²) < 4.78 is 42.6. The number of halogens is 1. The van der Waals surface area contributed by atoms with Crippen molar-refractivity contribution in [2.75, 3.05) is 10.0 Å². The fourth-order valence-corrected chi connectivity index (χ4v) is 4.44. The third kappa shape index (κ3) is 4.83. The highest BCUT2D eigenvalue weighted by atomic mass is 32.2. The maximum Gasteiger partial charge on any atom is 0.276 e. The average Bonchev–Trinajstić information content (AvgIpc) is 3.44. The molecule has 32 heavy (non-hydrogen) atoms. The molecule has 4 rings (SSSR count). The normalized spacial score (nSPS) is 14.2. The molecule has 9 heteroatoms. The molecule has 1 amide bonds. The molecular weight excluding hydrogens is 431 g/mol. The Morgan fingerprint density at radius 2 is 1.75 bits per heavy atom. The summed E-state index contributed by atoms with van der Waals surface area (Å²) in [6, 6.07) is 12.8. The van der Waals surface area contributed by atoms with E-state index in [0.717, 1.165) is 24.6 Å². The van der Waals surface area contributed by atoms with Crippen LogP contribution in [0, 0.1) is 5.82 Å². The van der Waals surface area contributed by atoms with Crippen molar-refractivity contribution in [2.45, 2.75) is 50.0 Å². The van der Waals surface area contributed by atoms with Crippen LogP contribution in [0.2, 0.25) is 0 Å². The summed E-state index contributed by atoms with van der Waals surface area (Å²) in [4.78, 5) is 12.7. The predicted octanol–water partition coefficient (Wildman–Crippen LogP) is 4.71. The molecule has 0 unspecified atom stereocenters. The molecule has 168 valence electrons. The highest BCUT2D eigenvalue weighted by molar-refractivity contribution is 7.92. The van der Waals surface area contributed by atoms with Gasteiger partial charge >= 0.3 is 0 Å². The van der Waals surface area contributed by atoms with Crippen molar-refractivity contribution in [2.24, 2.45) is 0 Å². The van der Waals surface area contributed by atoms with Crippen molar-refractivity contribution >= 4 is 27.3 Å². The number of rotatable bonds is 6. The lowest BCUT2D eigenvalue weighted by molar-refractivity contribution is 0.102. The molecular formula is C23H25FN4O3S. The van der Waals surface area contributed by atoms with E-state index in [1.165, 1.54) is 42.5 Å². The number of hydrogen-bond acceptors (Lipinski definition) is 4. The van der Waals surface area contributed by atoms with Gasteiger partial charge in [0.1, 0.15) is 5.82 Å². The molecule has 1 aliphatic carbocycles. The summed E-state index contributed by atoms with van der Waals surface area (Å²) in [6.07, 6.45) is 2.20. The number of carbonyl (C=O) groups is 1. The van der Waals surface area contributed by atoms with E-state index in [1.807, 2.05) is 31.5 Å².